The number of amides is 2. The number of nitriles is 1. The summed E-state index contributed by atoms with van der Waals surface area (Å²) >= 11 is 0. The summed E-state index contributed by atoms with van der Waals surface area (Å²) in [6.45, 7) is 0. The molecule has 1 aliphatic rings. The summed E-state index contributed by atoms with van der Waals surface area (Å²) in [4.78, 5) is 24.9. The van der Waals surface area contributed by atoms with Gasteiger partial charge in [0.2, 0.25) is 11.8 Å². The van der Waals surface area contributed by atoms with E-state index in [0.717, 1.165) is 0 Å². The lowest BCUT2D eigenvalue weighted by Gasteiger charge is -2.16. The number of para-hydroxylation sites is 1. The van der Waals surface area contributed by atoms with E-state index in [9.17, 15) is 14.0 Å². The molecule has 2 aromatic rings. The number of anilines is 2. The number of nitrogens with zero attached hydrogens (tertiary/aromatic N) is 1. The smallest absolute Gasteiger partial charge is 0.240 e. The number of rotatable bonds is 4. The number of halogens is 1. The van der Waals surface area contributed by atoms with Crippen LogP contribution in [-0.4, -0.2) is 11.8 Å². The minimum atomic E-state index is -1.17. The van der Waals surface area contributed by atoms with Crippen molar-refractivity contribution in [1.29, 1.82) is 5.26 Å². The average molecular weight is 323 g/mol. The average Bonchev–Trinajstić information content (AvgIpc) is 3.37. The normalized spacial score (nSPS) is 14.3. The fraction of sp³-hybridized carbons (Fsp3) is 0.167. The fourth-order valence-corrected chi connectivity index (χ4v) is 2.43. The van der Waals surface area contributed by atoms with Crippen LogP contribution < -0.4 is 10.6 Å². The van der Waals surface area contributed by atoms with E-state index in [1.54, 1.807) is 30.3 Å². The molecule has 1 aliphatic carbocycles. The van der Waals surface area contributed by atoms with E-state index in [0.29, 0.717) is 29.8 Å². The summed E-state index contributed by atoms with van der Waals surface area (Å²) in [6.07, 6.45) is 0.823. The molecule has 0 aromatic heterocycles. The lowest BCUT2D eigenvalue weighted by molar-refractivity contribution is -0.131. The predicted octanol–water partition coefficient (Wildman–Crippen LogP) is 3.05. The second-order valence-electron chi connectivity index (χ2n) is 5.66. The number of carbonyl (C=O) groups excluding carboxylic acids is 2. The number of carbonyl (C=O) groups is 2. The number of nitrogens with one attached hydrogen (secondary N) is 2. The Hall–Kier alpha value is -3.20. The molecule has 3 rings (SSSR count). The van der Waals surface area contributed by atoms with Gasteiger partial charge in [-0.25, -0.2) is 4.39 Å². The van der Waals surface area contributed by atoms with E-state index in [1.165, 1.54) is 18.2 Å². The molecular formula is C18H14FN3O2. The van der Waals surface area contributed by atoms with Gasteiger partial charge in [-0.15, -0.1) is 0 Å². The van der Waals surface area contributed by atoms with Crippen molar-refractivity contribution < 1.29 is 14.0 Å². The van der Waals surface area contributed by atoms with Crippen molar-refractivity contribution in [2.24, 2.45) is 5.41 Å². The summed E-state index contributed by atoms with van der Waals surface area (Å²) in [7, 11) is 0. The number of benzene rings is 2. The topological polar surface area (TPSA) is 82.0 Å². The molecule has 0 saturated heterocycles. The lowest BCUT2D eigenvalue weighted by atomic mass is 10.0. The summed E-state index contributed by atoms with van der Waals surface area (Å²) in [6, 6.07) is 14.1. The standard InChI is InChI=1S/C18H14FN3O2/c19-13-5-3-6-14(10-13)21-16(23)18(8-9-18)17(24)22-15-7-2-1-4-12(15)11-20/h1-7,10H,8-9H2,(H,21,23)(H,22,24). The van der Waals surface area contributed by atoms with Gasteiger partial charge >= 0.3 is 0 Å². The molecule has 120 valence electrons. The number of hydrogen-bond donors (Lipinski definition) is 2. The van der Waals surface area contributed by atoms with Crippen molar-refractivity contribution in [2.75, 3.05) is 10.6 Å². The van der Waals surface area contributed by atoms with Crippen LogP contribution >= 0.6 is 0 Å². The largest absolute Gasteiger partial charge is 0.325 e. The van der Waals surface area contributed by atoms with Crippen molar-refractivity contribution in [3.8, 4) is 6.07 Å². The van der Waals surface area contributed by atoms with Gasteiger partial charge in [0.1, 0.15) is 17.3 Å². The van der Waals surface area contributed by atoms with E-state index in [4.69, 9.17) is 5.26 Å². The second-order valence-corrected chi connectivity index (χ2v) is 5.66. The van der Waals surface area contributed by atoms with Gasteiger partial charge < -0.3 is 10.6 Å². The fourth-order valence-electron chi connectivity index (χ4n) is 2.43. The van der Waals surface area contributed by atoms with E-state index >= 15 is 0 Å². The second kappa shape index (κ2) is 6.13. The SMILES string of the molecule is N#Cc1ccccc1NC(=O)C1(C(=O)Nc2cccc(F)c2)CC1. The van der Waals surface area contributed by atoms with Crippen molar-refractivity contribution >= 4 is 23.2 Å². The Bertz CT molecular complexity index is 853. The van der Waals surface area contributed by atoms with E-state index in [1.807, 2.05) is 6.07 Å². The Labute approximate surface area is 138 Å². The highest BCUT2D eigenvalue weighted by atomic mass is 19.1. The Kier molecular flexibility index (Phi) is 4.00. The summed E-state index contributed by atoms with van der Waals surface area (Å²) in [5.41, 5.74) is -0.173. The minimum Gasteiger partial charge on any atom is -0.325 e. The molecular weight excluding hydrogens is 309 g/mol. The first-order valence-corrected chi connectivity index (χ1v) is 7.43. The van der Waals surface area contributed by atoms with Crippen LogP contribution in [0.15, 0.2) is 48.5 Å². The maximum Gasteiger partial charge on any atom is 0.240 e. The van der Waals surface area contributed by atoms with Gasteiger partial charge in [-0.1, -0.05) is 18.2 Å². The maximum atomic E-state index is 13.2. The first-order valence-electron chi connectivity index (χ1n) is 7.43. The van der Waals surface area contributed by atoms with Crippen LogP contribution in [0.4, 0.5) is 15.8 Å². The minimum absolute atomic E-state index is 0.302. The van der Waals surface area contributed by atoms with Gasteiger partial charge in [0.05, 0.1) is 11.3 Å². The zero-order valence-corrected chi connectivity index (χ0v) is 12.7. The molecule has 5 nitrogen and oxygen atoms in total. The Morgan fingerprint density at radius 3 is 2.42 bits per heavy atom. The van der Waals surface area contributed by atoms with Crippen LogP contribution in [0.2, 0.25) is 0 Å². The Morgan fingerprint density at radius 2 is 1.75 bits per heavy atom. The Balaban J connectivity index is 1.74. The van der Waals surface area contributed by atoms with Crippen molar-refractivity contribution in [2.45, 2.75) is 12.8 Å². The van der Waals surface area contributed by atoms with Crippen LogP contribution in [-0.2, 0) is 9.59 Å². The summed E-state index contributed by atoms with van der Waals surface area (Å²) in [5.74, 6) is -1.40. The molecule has 0 unspecified atom stereocenters. The molecule has 1 fully saturated rings. The van der Waals surface area contributed by atoms with Crippen molar-refractivity contribution in [1.82, 2.24) is 0 Å². The van der Waals surface area contributed by atoms with Gasteiger partial charge in [0, 0.05) is 5.69 Å². The third-order valence-corrected chi connectivity index (χ3v) is 4.00. The lowest BCUT2D eigenvalue weighted by Crippen LogP contribution is -2.35. The summed E-state index contributed by atoms with van der Waals surface area (Å²) < 4.78 is 13.2. The van der Waals surface area contributed by atoms with Gasteiger partial charge in [0.25, 0.3) is 0 Å². The highest BCUT2D eigenvalue weighted by molar-refractivity contribution is 6.17. The van der Waals surface area contributed by atoms with E-state index in [2.05, 4.69) is 10.6 Å². The molecule has 2 aromatic carbocycles. The molecule has 24 heavy (non-hydrogen) atoms. The maximum absolute atomic E-state index is 13.2. The number of hydrogen-bond acceptors (Lipinski definition) is 3. The first-order chi connectivity index (χ1) is 11.5. The van der Waals surface area contributed by atoms with Crippen molar-refractivity contribution in [3.63, 3.8) is 0 Å². The first kappa shape index (κ1) is 15.7. The van der Waals surface area contributed by atoms with Crippen molar-refractivity contribution in [3.05, 3.63) is 59.9 Å². The van der Waals surface area contributed by atoms with Gasteiger partial charge in [-0.3, -0.25) is 9.59 Å². The van der Waals surface area contributed by atoms with E-state index in [-0.39, 0.29) is 0 Å². The molecule has 6 heteroatoms. The highest BCUT2D eigenvalue weighted by Gasteiger charge is 2.56. The third-order valence-electron chi connectivity index (χ3n) is 4.00. The monoisotopic (exact) mass is 323 g/mol. The van der Waals surface area contributed by atoms with Crippen LogP contribution in [0, 0.1) is 22.6 Å². The zero-order valence-electron chi connectivity index (χ0n) is 12.7. The van der Waals surface area contributed by atoms with Gasteiger partial charge in [0.15, 0.2) is 0 Å². The van der Waals surface area contributed by atoms with Crippen LogP contribution in [0.25, 0.3) is 0 Å². The van der Waals surface area contributed by atoms with Crippen LogP contribution in [0.1, 0.15) is 18.4 Å². The molecule has 2 amide bonds. The quantitative estimate of drug-likeness (QED) is 0.848. The molecule has 0 spiro atoms. The van der Waals surface area contributed by atoms with Crippen LogP contribution in [0.5, 0.6) is 0 Å². The van der Waals surface area contributed by atoms with E-state index < -0.39 is 23.0 Å². The predicted molar refractivity (Wildman–Crippen MR) is 86.5 cm³/mol. The van der Waals surface area contributed by atoms with Crippen LogP contribution in [0.3, 0.4) is 0 Å². The van der Waals surface area contributed by atoms with Gasteiger partial charge in [-0.2, -0.15) is 5.26 Å². The molecule has 0 radical (unpaired) electrons. The Morgan fingerprint density at radius 1 is 1.04 bits per heavy atom. The van der Waals surface area contributed by atoms with Gasteiger partial charge in [-0.05, 0) is 43.2 Å². The molecule has 0 aliphatic heterocycles. The molecule has 0 atom stereocenters. The molecule has 0 heterocycles. The summed E-state index contributed by atoms with van der Waals surface area (Å²) in [5, 5.41) is 14.3. The highest BCUT2D eigenvalue weighted by Crippen LogP contribution is 2.47. The molecule has 2 N–H and O–H groups in total. The zero-order chi connectivity index (χ0) is 17.2. The third kappa shape index (κ3) is 2.97. The molecule has 0 bridgehead atoms. The molecule has 1 saturated carbocycles.